The number of hydrogen-bond donors (Lipinski definition) is 1. The van der Waals surface area contributed by atoms with Gasteiger partial charge in [-0.1, -0.05) is 6.07 Å². The lowest BCUT2D eigenvalue weighted by Crippen LogP contribution is -2.27. The Kier molecular flexibility index (Phi) is 4.66. The van der Waals surface area contributed by atoms with Gasteiger partial charge in [-0.25, -0.2) is 18.7 Å². The Balaban J connectivity index is 1.58. The molecule has 0 unspecified atom stereocenters. The summed E-state index contributed by atoms with van der Waals surface area (Å²) in [6, 6.07) is 3.26. The number of benzene rings is 1. The van der Waals surface area contributed by atoms with Crippen LogP contribution in [0.15, 0.2) is 36.1 Å². The van der Waals surface area contributed by atoms with Gasteiger partial charge in [0.1, 0.15) is 28.9 Å². The van der Waals surface area contributed by atoms with E-state index in [0.29, 0.717) is 5.69 Å². The van der Waals surface area contributed by atoms with Crippen molar-refractivity contribution in [2.45, 2.75) is 20.0 Å². The van der Waals surface area contributed by atoms with Crippen molar-refractivity contribution in [2.24, 2.45) is 0 Å². The average molecular weight is 348 g/mol. The van der Waals surface area contributed by atoms with Crippen LogP contribution in [0.5, 0.6) is 0 Å². The number of aromatic nitrogens is 3. The van der Waals surface area contributed by atoms with Gasteiger partial charge in [-0.15, -0.1) is 11.3 Å². The van der Waals surface area contributed by atoms with E-state index in [0.717, 1.165) is 22.8 Å². The van der Waals surface area contributed by atoms with Gasteiger partial charge in [0.25, 0.3) is 0 Å². The molecule has 3 rings (SSSR count). The van der Waals surface area contributed by atoms with Crippen LogP contribution in [0.3, 0.4) is 0 Å². The summed E-state index contributed by atoms with van der Waals surface area (Å²) in [5.74, 6) is -1.62. The Labute approximate surface area is 141 Å². The highest BCUT2D eigenvalue weighted by Gasteiger charge is 2.10. The predicted octanol–water partition coefficient (Wildman–Crippen LogP) is 2.91. The molecule has 0 spiro atoms. The molecule has 0 aliphatic rings. The van der Waals surface area contributed by atoms with E-state index in [1.165, 1.54) is 17.4 Å². The molecule has 0 atom stereocenters. The van der Waals surface area contributed by atoms with Gasteiger partial charge in [-0.2, -0.15) is 0 Å². The highest BCUT2D eigenvalue weighted by atomic mass is 32.1. The first-order valence-corrected chi connectivity index (χ1v) is 8.04. The third kappa shape index (κ3) is 3.83. The zero-order valence-corrected chi connectivity index (χ0v) is 13.6. The van der Waals surface area contributed by atoms with Crippen molar-refractivity contribution in [2.75, 3.05) is 0 Å². The van der Waals surface area contributed by atoms with Crippen LogP contribution in [-0.2, 0) is 17.9 Å². The van der Waals surface area contributed by atoms with E-state index in [1.807, 2.05) is 12.3 Å². The summed E-state index contributed by atoms with van der Waals surface area (Å²) in [4.78, 5) is 20.5. The molecule has 0 bridgehead atoms. The molecule has 0 aliphatic carbocycles. The second-order valence-electron chi connectivity index (χ2n) is 5.24. The number of amides is 1. The van der Waals surface area contributed by atoms with E-state index in [2.05, 4.69) is 15.3 Å². The molecule has 0 fully saturated rings. The van der Waals surface area contributed by atoms with Crippen LogP contribution in [0.2, 0.25) is 0 Å². The molecule has 124 valence electrons. The number of carbonyl (C=O) groups excluding carboxylic acids is 1. The second kappa shape index (κ2) is 6.88. The van der Waals surface area contributed by atoms with Crippen LogP contribution in [0, 0.1) is 18.6 Å². The zero-order valence-electron chi connectivity index (χ0n) is 12.8. The van der Waals surface area contributed by atoms with Crippen molar-refractivity contribution >= 4 is 17.2 Å². The molecule has 8 heteroatoms. The van der Waals surface area contributed by atoms with Crippen LogP contribution in [0.25, 0.3) is 10.7 Å². The molecule has 3 aromatic rings. The minimum atomic E-state index is -0.681. The maximum atomic E-state index is 13.5. The summed E-state index contributed by atoms with van der Waals surface area (Å²) in [7, 11) is 0. The summed E-state index contributed by atoms with van der Waals surface area (Å²) in [5.41, 5.74) is 1.85. The largest absolute Gasteiger partial charge is 0.350 e. The number of aryl methyl sites for hydroxylation is 1. The molecular weight excluding hydrogens is 334 g/mol. The maximum absolute atomic E-state index is 13.5. The number of imidazole rings is 1. The van der Waals surface area contributed by atoms with Gasteiger partial charge >= 0.3 is 0 Å². The highest BCUT2D eigenvalue weighted by Crippen LogP contribution is 2.21. The number of hydrogen-bond acceptors (Lipinski definition) is 4. The van der Waals surface area contributed by atoms with Crippen molar-refractivity contribution in [3.05, 3.63) is 59.0 Å². The molecule has 0 saturated heterocycles. The first kappa shape index (κ1) is 16.3. The van der Waals surface area contributed by atoms with Crippen molar-refractivity contribution in [3.8, 4) is 10.7 Å². The number of halogens is 2. The Morgan fingerprint density at radius 2 is 2.21 bits per heavy atom. The lowest BCUT2D eigenvalue weighted by Gasteiger charge is -2.07. The molecule has 1 N–H and O–H groups in total. The van der Waals surface area contributed by atoms with E-state index < -0.39 is 11.6 Å². The van der Waals surface area contributed by atoms with E-state index in [-0.39, 0.29) is 24.6 Å². The van der Waals surface area contributed by atoms with Gasteiger partial charge < -0.3 is 9.88 Å². The molecule has 5 nitrogen and oxygen atoms in total. The predicted molar refractivity (Wildman–Crippen MR) is 86.3 cm³/mol. The Morgan fingerprint density at radius 3 is 2.92 bits per heavy atom. The molecule has 0 saturated carbocycles. The average Bonchev–Trinajstić information content (AvgIpc) is 3.15. The van der Waals surface area contributed by atoms with Gasteiger partial charge in [0.15, 0.2) is 0 Å². The lowest BCUT2D eigenvalue weighted by atomic mass is 10.2. The number of thiazole rings is 1. The molecule has 1 amide bonds. The molecular formula is C16H14F2N4OS. The monoisotopic (exact) mass is 348 g/mol. The molecule has 2 heterocycles. The summed E-state index contributed by atoms with van der Waals surface area (Å²) in [5, 5.41) is 5.32. The van der Waals surface area contributed by atoms with E-state index in [1.54, 1.807) is 17.1 Å². The lowest BCUT2D eigenvalue weighted by molar-refractivity contribution is -0.121. The minimum Gasteiger partial charge on any atom is -0.350 e. The molecule has 0 radical (unpaired) electrons. The molecule has 1 aromatic carbocycles. The van der Waals surface area contributed by atoms with Crippen molar-refractivity contribution < 1.29 is 13.6 Å². The first-order chi connectivity index (χ1) is 11.5. The smallest absolute Gasteiger partial charge is 0.240 e. The van der Waals surface area contributed by atoms with Gasteiger partial charge in [0.2, 0.25) is 5.91 Å². The highest BCUT2D eigenvalue weighted by molar-refractivity contribution is 7.13. The van der Waals surface area contributed by atoms with Crippen LogP contribution in [-0.4, -0.2) is 20.4 Å². The third-order valence-electron chi connectivity index (χ3n) is 3.29. The summed E-state index contributed by atoms with van der Waals surface area (Å²) in [6.07, 6.45) is 3.28. The number of nitrogens with zero attached hydrogens (tertiary/aromatic N) is 3. The first-order valence-electron chi connectivity index (χ1n) is 7.16. The Hall–Kier alpha value is -2.61. The topological polar surface area (TPSA) is 59.8 Å². The van der Waals surface area contributed by atoms with Crippen molar-refractivity contribution in [1.82, 2.24) is 19.9 Å². The number of rotatable bonds is 5. The SMILES string of the molecule is Cc1csc(-c2cn(CC(=O)NCc3ccc(F)cc3F)cn2)n1. The fraction of sp³-hybridized carbons (Fsp3) is 0.188. The maximum Gasteiger partial charge on any atom is 0.240 e. The fourth-order valence-electron chi connectivity index (χ4n) is 2.11. The van der Waals surface area contributed by atoms with E-state index in [4.69, 9.17) is 0 Å². The van der Waals surface area contributed by atoms with E-state index in [9.17, 15) is 13.6 Å². The molecule has 0 aliphatic heterocycles. The normalized spacial score (nSPS) is 10.8. The number of carbonyl (C=O) groups is 1. The van der Waals surface area contributed by atoms with Crippen molar-refractivity contribution in [1.29, 1.82) is 0 Å². The molecule has 2 aromatic heterocycles. The number of nitrogens with one attached hydrogen (secondary N) is 1. The van der Waals surface area contributed by atoms with E-state index >= 15 is 0 Å². The van der Waals surface area contributed by atoms with Gasteiger partial charge in [0, 0.05) is 35.4 Å². The Morgan fingerprint density at radius 1 is 1.38 bits per heavy atom. The zero-order chi connectivity index (χ0) is 17.1. The van der Waals surface area contributed by atoms with Gasteiger partial charge in [0.05, 0.1) is 6.33 Å². The van der Waals surface area contributed by atoms with Gasteiger partial charge in [-0.05, 0) is 13.0 Å². The second-order valence-corrected chi connectivity index (χ2v) is 6.10. The standard InChI is InChI=1S/C16H14F2N4OS/c1-10-8-24-16(21-10)14-6-22(9-20-14)7-15(23)19-5-11-2-3-12(17)4-13(11)18/h2-4,6,8-9H,5,7H2,1H3,(H,19,23). The minimum absolute atomic E-state index is 0.00181. The van der Waals surface area contributed by atoms with Crippen LogP contribution in [0.1, 0.15) is 11.3 Å². The quantitative estimate of drug-likeness (QED) is 0.771. The third-order valence-corrected chi connectivity index (χ3v) is 4.27. The van der Waals surface area contributed by atoms with Crippen LogP contribution < -0.4 is 5.32 Å². The van der Waals surface area contributed by atoms with Crippen LogP contribution in [0.4, 0.5) is 8.78 Å². The summed E-state index contributed by atoms with van der Waals surface area (Å²) >= 11 is 1.49. The fourth-order valence-corrected chi connectivity index (χ4v) is 2.87. The summed E-state index contributed by atoms with van der Waals surface area (Å²) < 4.78 is 28.0. The van der Waals surface area contributed by atoms with Crippen molar-refractivity contribution in [3.63, 3.8) is 0 Å². The van der Waals surface area contributed by atoms with Crippen LogP contribution >= 0.6 is 11.3 Å². The molecule has 24 heavy (non-hydrogen) atoms. The summed E-state index contributed by atoms with van der Waals surface area (Å²) in [6.45, 7) is 1.96. The Bertz CT molecular complexity index is 875. The van der Waals surface area contributed by atoms with Gasteiger partial charge in [-0.3, -0.25) is 4.79 Å².